The lowest BCUT2D eigenvalue weighted by molar-refractivity contribution is 0.0544. The van der Waals surface area contributed by atoms with Crippen LogP contribution in [0.3, 0.4) is 0 Å². The summed E-state index contributed by atoms with van der Waals surface area (Å²) < 4.78 is 49.9. The second-order valence-electron chi connectivity index (χ2n) is 10.6. The number of halogens is 1. The van der Waals surface area contributed by atoms with Gasteiger partial charge in [-0.25, -0.2) is 22.3 Å². The number of benzene rings is 2. The van der Waals surface area contributed by atoms with E-state index in [-0.39, 0.29) is 4.90 Å². The molecule has 0 atom stereocenters. The molecule has 0 unspecified atom stereocenters. The van der Waals surface area contributed by atoms with Crippen molar-refractivity contribution < 1.29 is 22.3 Å². The first kappa shape index (κ1) is 26.8. The fraction of sp³-hybridized carbons (Fsp3) is 0.423. The zero-order chi connectivity index (χ0) is 26.2. The molecular weight excluding hydrogens is 469 g/mol. The van der Waals surface area contributed by atoms with Gasteiger partial charge in [-0.2, -0.15) is 0 Å². The molecule has 0 aliphatic carbocycles. The third-order valence-electron chi connectivity index (χ3n) is 5.10. The van der Waals surface area contributed by atoms with E-state index in [0.717, 1.165) is 0 Å². The van der Waals surface area contributed by atoms with E-state index in [1.54, 1.807) is 73.0 Å². The predicted octanol–water partition coefficient (Wildman–Crippen LogP) is 5.07. The molecule has 0 amide bonds. The van der Waals surface area contributed by atoms with Gasteiger partial charge in [0.15, 0.2) is 0 Å². The second kappa shape index (κ2) is 9.72. The van der Waals surface area contributed by atoms with Gasteiger partial charge >= 0.3 is 6.09 Å². The Bertz CT molecular complexity index is 1350. The number of rotatable bonds is 6. The van der Waals surface area contributed by atoms with Gasteiger partial charge in [-0.3, -0.25) is 4.57 Å². The number of hydrogen-bond donors (Lipinski definition) is 2. The predicted molar refractivity (Wildman–Crippen MR) is 137 cm³/mol. The minimum atomic E-state index is -3.76. The summed E-state index contributed by atoms with van der Waals surface area (Å²) in [6.07, 6.45) is 1.46. The van der Waals surface area contributed by atoms with E-state index in [1.165, 1.54) is 16.7 Å². The van der Waals surface area contributed by atoms with E-state index in [2.05, 4.69) is 10.0 Å². The van der Waals surface area contributed by atoms with Crippen molar-refractivity contribution in [1.82, 2.24) is 14.6 Å². The van der Waals surface area contributed by atoms with E-state index in [9.17, 15) is 17.6 Å². The highest BCUT2D eigenvalue weighted by Crippen LogP contribution is 2.34. The first-order chi connectivity index (χ1) is 16.1. The van der Waals surface area contributed by atoms with Crippen LogP contribution in [0.4, 0.5) is 9.18 Å². The van der Waals surface area contributed by atoms with Gasteiger partial charge in [0.1, 0.15) is 11.4 Å². The molecule has 3 rings (SSSR count). The lowest BCUT2D eigenvalue weighted by Crippen LogP contribution is -2.40. The van der Waals surface area contributed by atoms with E-state index < -0.39 is 33.1 Å². The maximum absolute atomic E-state index is 14.1. The highest BCUT2D eigenvalue weighted by atomic mass is 32.2. The van der Waals surface area contributed by atoms with Crippen LogP contribution in [-0.4, -0.2) is 43.8 Å². The summed E-state index contributed by atoms with van der Waals surface area (Å²) in [7, 11) is -1.96. The van der Waals surface area contributed by atoms with Crippen LogP contribution in [0.5, 0.6) is 0 Å². The molecule has 0 spiro atoms. The molecule has 2 N–H and O–H groups in total. The third-order valence-corrected chi connectivity index (χ3v) is 6.96. The van der Waals surface area contributed by atoms with Crippen molar-refractivity contribution in [1.29, 1.82) is 0 Å². The Morgan fingerprint density at radius 1 is 1.06 bits per heavy atom. The molecule has 0 bridgehead atoms. The van der Waals surface area contributed by atoms with Gasteiger partial charge in [0.25, 0.3) is 0 Å². The largest absolute Gasteiger partial charge is 0.443 e. The monoisotopic (exact) mass is 503 g/mol. The molecule has 190 valence electrons. The Labute approximate surface area is 206 Å². The molecule has 0 aliphatic heterocycles. The Hall–Kier alpha value is -2.75. The maximum Gasteiger partial charge on any atom is 0.419 e. The first-order valence-electron chi connectivity index (χ1n) is 11.5. The summed E-state index contributed by atoms with van der Waals surface area (Å²) in [5.74, 6) is -0.476. The van der Waals surface area contributed by atoms with Crippen molar-refractivity contribution in [2.45, 2.75) is 64.0 Å². The van der Waals surface area contributed by atoms with Gasteiger partial charge in [0.2, 0.25) is 10.0 Å². The highest BCUT2D eigenvalue weighted by molar-refractivity contribution is 7.89. The van der Waals surface area contributed by atoms with E-state index in [0.29, 0.717) is 40.6 Å². The maximum atomic E-state index is 14.1. The van der Waals surface area contributed by atoms with Gasteiger partial charge in [-0.1, -0.05) is 6.07 Å². The average Bonchev–Trinajstić information content (AvgIpc) is 3.07. The molecule has 0 radical (unpaired) electrons. The Morgan fingerprint density at radius 2 is 1.74 bits per heavy atom. The van der Waals surface area contributed by atoms with Gasteiger partial charge in [0.05, 0.1) is 10.4 Å². The van der Waals surface area contributed by atoms with E-state index in [1.807, 2.05) is 6.07 Å². The average molecular weight is 504 g/mol. The molecule has 35 heavy (non-hydrogen) atoms. The number of aromatic nitrogens is 1. The number of carbonyl (C=O) groups is 1. The second-order valence-corrected chi connectivity index (χ2v) is 12.2. The molecule has 7 nitrogen and oxygen atoms in total. The lowest BCUT2D eigenvalue weighted by atomic mass is 10.0. The van der Waals surface area contributed by atoms with Crippen LogP contribution < -0.4 is 10.0 Å². The summed E-state index contributed by atoms with van der Waals surface area (Å²) in [4.78, 5) is 13.1. The first-order valence-corrected chi connectivity index (χ1v) is 13.0. The standard InChI is InChI=1S/C26H34FN3O4S/c1-25(2,3)29-35(32,33)23-11-8-17(14-18(23)12-13-28-7)21-16-30(24(31)34-26(4,5)6)22-15-19(27)9-10-20(21)22/h8-11,14-16,28-29H,12-13H2,1-7H3. The SMILES string of the molecule is CNCCc1cc(-c2cn(C(=O)OC(C)(C)C)c3cc(F)ccc23)ccc1S(=O)(=O)NC(C)(C)C. The number of likely N-dealkylation sites (N-methyl/N-ethyl adjacent to an activating group) is 1. The van der Waals surface area contributed by atoms with Gasteiger partial charge < -0.3 is 10.1 Å². The number of nitrogens with one attached hydrogen (secondary N) is 2. The van der Waals surface area contributed by atoms with E-state index in [4.69, 9.17) is 4.74 Å². The topological polar surface area (TPSA) is 89.4 Å². The molecule has 0 saturated carbocycles. The van der Waals surface area contributed by atoms with Crippen LogP contribution in [0.1, 0.15) is 47.1 Å². The Kier molecular flexibility index (Phi) is 7.45. The van der Waals surface area contributed by atoms with Gasteiger partial charge in [-0.15, -0.1) is 0 Å². The summed E-state index contributed by atoms with van der Waals surface area (Å²) in [5, 5.41) is 3.71. The summed E-state index contributed by atoms with van der Waals surface area (Å²) in [5.41, 5.74) is 1.03. The quantitative estimate of drug-likeness (QED) is 0.490. The van der Waals surface area contributed by atoms with Crippen molar-refractivity contribution in [3.05, 3.63) is 54.0 Å². The minimum Gasteiger partial charge on any atom is -0.443 e. The van der Waals surface area contributed by atoms with E-state index >= 15 is 0 Å². The van der Waals surface area contributed by atoms with Gasteiger partial charge in [0, 0.05) is 22.7 Å². The Balaban J connectivity index is 2.18. The fourth-order valence-corrected chi connectivity index (χ4v) is 5.48. The fourth-order valence-electron chi connectivity index (χ4n) is 3.81. The van der Waals surface area contributed by atoms with Crippen molar-refractivity contribution in [2.75, 3.05) is 13.6 Å². The van der Waals surface area contributed by atoms with Gasteiger partial charge in [-0.05, 0) is 103 Å². The number of carbonyl (C=O) groups excluding carboxylic acids is 1. The molecular formula is C26H34FN3O4S. The van der Waals surface area contributed by atoms with Crippen molar-refractivity contribution in [3.8, 4) is 11.1 Å². The smallest absolute Gasteiger partial charge is 0.419 e. The Morgan fingerprint density at radius 3 is 2.34 bits per heavy atom. The number of sulfonamides is 1. The van der Waals surface area contributed by atoms with Crippen molar-refractivity contribution in [3.63, 3.8) is 0 Å². The van der Waals surface area contributed by atoms with Crippen LogP contribution in [0, 0.1) is 5.82 Å². The number of fused-ring (bicyclic) bond motifs is 1. The summed E-state index contributed by atoms with van der Waals surface area (Å²) >= 11 is 0. The number of nitrogens with zero attached hydrogens (tertiary/aromatic N) is 1. The summed E-state index contributed by atoms with van der Waals surface area (Å²) in [6, 6.07) is 9.33. The van der Waals surface area contributed by atoms with Crippen LogP contribution in [0.15, 0.2) is 47.5 Å². The van der Waals surface area contributed by atoms with Crippen molar-refractivity contribution in [2.24, 2.45) is 0 Å². The third kappa shape index (κ3) is 6.48. The molecule has 9 heteroatoms. The van der Waals surface area contributed by atoms with Crippen molar-refractivity contribution >= 4 is 27.0 Å². The molecule has 1 heterocycles. The zero-order valence-corrected chi connectivity index (χ0v) is 22.1. The molecule has 0 aliphatic rings. The normalized spacial score (nSPS) is 12.8. The molecule has 1 aromatic heterocycles. The molecule has 2 aromatic carbocycles. The number of hydrogen-bond acceptors (Lipinski definition) is 5. The van der Waals surface area contributed by atoms with Crippen LogP contribution in [0.25, 0.3) is 22.0 Å². The minimum absolute atomic E-state index is 0.202. The molecule has 0 fully saturated rings. The van der Waals surface area contributed by atoms with Crippen LogP contribution in [0.2, 0.25) is 0 Å². The van der Waals surface area contributed by atoms with Crippen LogP contribution in [-0.2, 0) is 21.2 Å². The summed E-state index contributed by atoms with van der Waals surface area (Å²) in [6.45, 7) is 11.2. The lowest BCUT2D eigenvalue weighted by Gasteiger charge is -2.22. The number of ether oxygens (including phenoxy) is 1. The molecule has 0 saturated heterocycles. The highest BCUT2D eigenvalue weighted by Gasteiger charge is 2.26. The molecule has 3 aromatic rings. The zero-order valence-electron chi connectivity index (χ0n) is 21.3. The van der Waals surface area contributed by atoms with Crippen LogP contribution >= 0.6 is 0 Å².